The molecule has 1 aromatic carbocycles. The van der Waals surface area contributed by atoms with Gasteiger partial charge < -0.3 is 10.6 Å². The summed E-state index contributed by atoms with van der Waals surface area (Å²) in [5.41, 5.74) is 0.162. The lowest BCUT2D eigenvalue weighted by molar-refractivity contribution is -0.137. The molecule has 2 heterocycles. The highest BCUT2D eigenvalue weighted by molar-refractivity contribution is 6.03. The molecule has 2 aromatic heterocycles. The Balaban J connectivity index is 1.68. The van der Waals surface area contributed by atoms with Gasteiger partial charge in [0.25, 0.3) is 5.91 Å². The van der Waals surface area contributed by atoms with Gasteiger partial charge in [-0.05, 0) is 42.0 Å². The maximum absolute atomic E-state index is 12.8. The van der Waals surface area contributed by atoms with Crippen molar-refractivity contribution < 1.29 is 18.0 Å². The molecule has 0 aliphatic rings. The molecule has 138 valence electrons. The number of benzene rings is 1. The molecule has 0 bridgehead atoms. The molecule has 0 saturated heterocycles. The summed E-state index contributed by atoms with van der Waals surface area (Å²) in [6.45, 7) is 0.432. The van der Waals surface area contributed by atoms with E-state index in [1.54, 1.807) is 12.4 Å². The molecule has 6 nitrogen and oxygen atoms in total. The van der Waals surface area contributed by atoms with Gasteiger partial charge in [-0.25, -0.2) is 9.97 Å². The average molecular weight is 373 g/mol. The van der Waals surface area contributed by atoms with Gasteiger partial charge >= 0.3 is 6.18 Å². The fourth-order valence-electron chi connectivity index (χ4n) is 2.22. The van der Waals surface area contributed by atoms with Crippen LogP contribution in [0.2, 0.25) is 0 Å². The number of nitrogens with zero attached hydrogens (tertiary/aromatic N) is 3. The minimum Gasteiger partial charge on any atom is -0.350 e. The average Bonchev–Trinajstić information content (AvgIpc) is 2.67. The summed E-state index contributed by atoms with van der Waals surface area (Å²) >= 11 is 0. The smallest absolute Gasteiger partial charge is 0.350 e. The van der Waals surface area contributed by atoms with E-state index in [-0.39, 0.29) is 17.3 Å². The summed E-state index contributed by atoms with van der Waals surface area (Å²) in [5, 5.41) is 5.38. The van der Waals surface area contributed by atoms with Crippen LogP contribution in [0.1, 0.15) is 21.6 Å². The van der Waals surface area contributed by atoms with Crippen LogP contribution in [0.4, 0.5) is 24.8 Å². The quantitative estimate of drug-likeness (QED) is 0.712. The van der Waals surface area contributed by atoms with Crippen LogP contribution in [0.5, 0.6) is 0 Å². The normalized spacial score (nSPS) is 11.1. The van der Waals surface area contributed by atoms with Crippen LogP contribution < -0.4 is 10.6 Å². The third kappa shape index (κ3) is 5.00. The van der Waals surface area contributed by atoms with Crippen LogP contribution in [0, 0.1) is 0 Å². The first-order valence-corrected chi connectivity index (χ1v) is 7.86. The Bertz CT molecular complexity index is 932. The van der Waals surface area contributed by atoms with Crippen molar-refractivity contribution in [2.75, 3.05) is 10.6 Å². The molecule has 9 heteroatoms. The van der Waals surface area contributed by atoms with E-state index in [0.29, 0.717) is 6.54 Å². The Morgan fingerprint density at radius 2 is 1.81 bits per heavy atom. The fraction of sp³-hybridized carbons (Fsp3) is 0.111. The van der Waals surface area contributed by atoms with Crippen LogP contribution >= 0.6 is 0 Å². The van der Waals surface area contributed by atoms with Crippen molar-refractivity contribution in [3.05, 3.63) is 77.9 Å². The third-order valence-corrected chi connectivity index (χ3v) is 3.54. The number of amides is 1. The Morgan fingerprint density at radius 3 is 2.56 bits per heavy atom. The molecule has 3 rings (SSSR count). The van der Waals surface area contributed by atoms with E-state index in [0.717, 1.165) is 17.7 Å². The van der Waals surface area contributed by atoms with E-state index in [2.05, 4.69) is 25.6 Å². The van der Waals surface area contributed by atoms with Gasteiger partial charge in [-0.1, -0.05) is 6.07 Å². The van der Waals surface area contributed by atoms with Crippen LogP contribution in [-0.2, 0) is 12.7 Å². The Labute approximate surface area is 152 Å². The standard InChI is InChI=1S/C18H14F3N5O/c19-18(20,21)13-2-1-3-14(10-13)25-16(27)15-6-9-23-17(26-15)24-11-12-4-7-22-8-5-12/h1-10H,11H2,(H,25,27)(H,23,24,26). The lowest BCUT2D eigenvalue weighted by atomic mass is 10.2. The van der Waals surface area contributed by atoms with Crippen LogP contribution in [-0.4, -0.2) is 20.9 Å². The second kappa shape index (κ2) is 7.81. The molecular formula is C18H14F3N5O. The van der Waals surface area contributed by atoms with Crippen molar-refractivity contribution in [1.82, 2.24) is 15.0 Å². The minimum atomic E-state index is -4.49. The monoisotopic (exact) mass is 373 g/mol. The van der Waals surface area contributed by atoms with E-state index in [1.807, 2.05) is 12.1 Å². The first kappa shape index (κ1) is 18.3. The molecule has 27 heavy (non-hydrogen) atoms. The molecule has 0 radical (unpaired) electrons. The number of alkyl halides is 3. The van der Waals surface area contributed by atoms with E-state index in [1.165, 1.54) is 24.4 Å². The largest absolute Gasteiger partial charge is 0.416 e. The number of nitrogens with one attached hydrogen (secondary N) is 2. The summed E-state index contributed by atoms with van der Waals surface area (Å²) in [4.78, 5) is 24.3. The van der Waals surface area contributed by atoms with Gasteiger partial charge in [0.15, 0.2) is 0 Å². The number of hydrogen-bond donors (Lipinski definition) is 2. The molecule has 0 aliphatic carbocycles. The number of aromatic nitrogens is 3. The molecule has 0 saturated carbocycles. The van der Waals surface area contributed by atoms with Crippen molar-refractivity contribution in [3.8, 4) is 0 Å². The molecule has 0 atom stereocenters. The number of rotatable bonds is 5. The van der Waals surface area contributed by atoms with Crippen LogP contribution in [0.25, 0.3) is 0 Å². The molecule has 0 fully saturated rings. The fourth-order valence-corrected chi connectivity index (χ4v) is 2.22. The van der Waals surface area contributed by atoms with Gasteiger partial charge in [0, 0.05) is 30.8 Å². The van der Waals surface area contributed by atoms with Gasteiger partial charge in [0.1, 0.15) is 5.69 Å². The van der Waals surface area contributed by atoms with Gasteiger partial charge in [-0.15, -0.1) is 0 Å². The molecule has 0 aliphatic heterocycles. The molecule has 1 amide bonds. The Morgan fingerprint density at radius 1 is 1.04 bits per heavy atom. The lowest BCUT2D eigenvalue weighted by Gasteiger charge is -2.10. The highest BCUT2D eigenvalue weighted by Gasteiger charge is 2.30. The predicted molar refractivity (Wildman–Crippen MR) is 93.0 cm³/mol. The first-order chi connectivity index (χ1) is 12.9. The number of halogens is 3. The highest BCUT2D eigenvalue weighted by atomic mass is 19.4. The predicted octanol–water partition coefficient (Wildman–Crippen LogP) is 3.75. The second-order valence-electron chi connectivity index (χ2n) is 5.51. The second-order valence-corrected chi connectivity index (χ2v) is 5.51. The van der Waals surface area contributed by atoms with E-state index >= 15 is 0 Å². The maximum Gasteiger partial charge on any atom is 0.416 e. The molecule has 2 N–H and O–H groups in total. The van der Waals surface area contributed by atoms with E-state index < -0.39 is 17.6 Å². The number of hydrogen-bond acceptors (Lipinski definition) is 5. The first-order valence-electron chi connectivity index (χ1n) is 7.86. The van der Waals surface area contributed by atoms with Crippen molar-refractivity contribution in [2.45, 2.75) is 12.7 Å². The Hall–Kier alpha value is -3.49. The topological polar surface area (TPSA) is 79.8 Å². The number of pyridine rings is 1. The SMILES string of the molecule is O=C(Nc1cccc(C(F)(F)F)c1)c1ccnc(NCc2ccncc2)n1. The maximum atomic E-state index is 12.8. The van der Waals surface area contributed by atoms with Gasteiger partial charge in [-0.2, -0.15) is 13.2 Å². The van der Waals surface area contributed by atoms with Gasteiger partial charge in [-0.3, -0.25) is 9.78 Å². The lowest BCUT2D eigenvalue weighted by Crippen LogP contribution is -2.16. The summed E-state index contributed by atoms with van der Waals surface area (Å²) in [7, 11) is 0. The van der Waals surface area contributed by atoms with Gasteiger partial charge in [0.05, 0.1) is 5.56 Å². The zero-order valence-corrected chi connectivity index (χ0v) is 13.9. The van der Waals surface area contributed by atoms with Crippen molar-refractivity contribution >= 4 is 17.5 Å². The molecule has 3 aromatic rings. The molecule has 0 unspecified atom stereocenters. The molecule has 0 spiro atoms. The molecular weight excluding hydrogens is 359 g/mol. The van der Waals surface area contributed by atoms with E-state index in [4.69, 9.17) is 0 Å². The summed E-state index contributed by atoms with van der Waals surface area (Å²) in [6.07, 6.45) is 0.205. The van der Waals surface area contributed by atoms with Crippen LogP contribution in [0.15, 0.2) is 61.1 Å². The van der Waals surface area contributed by atoms with Crippen molar-refractivity contribution in [2.24, 2.45) is 0 Å². The summed E-state index contributed by atoms with van der Waals surface area (Å²) in [6, 6.07) is 9.40. The zero-order chi connectivity index (χ0) is 19.3. The minimum absolute atomic E-state index is 0.0274. The number of carbonyl (C=O) groups excluding carboxylic acids is 1. The highest BCUT2D eigenvalue weighted by Crippen LogP contribution is 2.30. The number of anilines is 2. The van der Waals surface area contributed by atoms with Crippen LogP contribution in [0.3, 0.4) is 0 Å². The van der Waals surface area contributed by atoms with Gasteiger partial charge in [0.2, 0.25) is 5.95 Å². The number of carbonyl (C=O) groups is 1. The summed E-state index contributed by atoms with van der Waals surface area (Å²) < 4.78 is 38.3. The third-order valence-electron chi connectivity index (χ3n) is 3.54. The Kier molecular flexibility index (Phi) is 5.30. The summed E-state index contributed by atoms with van der Waals surface area (Å²) in [5.74, 6) is -0.410. The van der Waals surface area contributed by atoms with E-state index in [9.17, 15) is 18.0 Å². The van der Waals surface area contributed by atoms with Crippen molar-refractivity contribution in [3.63, 3.8) is 0 Å². The zero-order valence-electron chi connectivity index (χ0n) is 13.9. The van der Waals surface area contributed by atoms with Crippen molar-refractivity contribution in [1.29, 1.82) is 0 Å².